The van der Waals surface area contributed by atoms with Gasteiger partial charge in [0.05, 0.1) is 10.7 Å². The Bertz CT molecular complexity index is 580. The summed E-state index contributed by atoms with van der Waals surface area (Å²) in [6.07, 6.45) is 0.239. The van der Waals surface area contributed by atoms with Crippen molar-refractivity contribution in [2.45, 2.75) is 31.2 Å². The second kappa shape index (κ2) is 5.87. The smallest absolute Gasteiger partial charge is 0.258 e. The zero-order valence-corrected chi connectivity index (χ0v) is 12.5. The summed E-state index contributed by atoms with van der Waals surface area (Å²) in [7, 11) is -2.37. The minimum absolute atomic E-state index is 0.178. The molecule has 0 unspecified atom stereocenters. The molecule has 0 atom stereocenters. The number of halogens is 1. The third kappa shape index (κ3) is 3.24. The molecule has 1 aromatic rings. The number of sulfone groups is 1. The van der Waals surface area contributed by atoms with Gasteiger partial charge in [0.15, 0.2) is 0 Å². The molecule has 1 heterocycles. The first-order valence-electron chi connectivity index (χ1n) is 5.72. The fourth-order valence-corrected chi connectivity index (χ4v) is 3.69. The Kier molecular flexibility index (Phi) is 4.92. The topological polar surface area (TPSA) is 95.1 Å². The monoisotopic (exact) mass is 309 g/mol. The maximum Gasteiger partial charge on any atom is 0.329 e. The Labute approximate surface area is 116 Å². The number of rotatable bonds is 6. The van der Waals surface area contributed by atoms with Crippen LogP contribution in [0.4, 0.5) is 5.69 Å². The third-order valence-corrected chi connectivity index (χ3v) is 4.71. The molecule has 0 aliphatic rings. The van der Waals surface area contributed by atoms with E-state index in [-0.39, 0.29) is 34.7 Å². The lowest BCUT2D eigenvalue weighted by atomic mass is 10.1. The lowest BCUT2D eigenvalue weighted by molar-refractivity contribution is -0.388. The summed E-state index contributed by atoms with van der Waals surface area (Å²) < 4.78 is 25.4. The lowest BCUT2D eigenvalue weighted by Gasteiger charge is -2.03. The van der Waals surface area contributed by atoms with E-state index in [9.17, 15) is 18.5 Å². The van der Waals surface area contributed by atoms with E-state index in [0.717, 1.165) is 4.68 Å². The van der Waals surface area contributed by atoms with E-state index in [1.54, 1.807) is 13.8 Å². The van der Waals surface area contributed by atoms with Crippen molar-refractivity contribution >= 4 is 27.1 Å². The summed E-state index contributed by atoms with van der Waals surface area (Å²) >= 11 is 5.47. The summed E-state index contributed by atoms with van der Waals surface area (Å²) in [5.41, 5.74) is -0.246. The normalized spacial score (nSPS) is 12.1. The fraction of sp³-hybridized carbons (Fsp3) is 0.700. The minimum atomic E-state index is -3.77. The van der Waals surface area contributed by atoms with Gasteiger partial charge in [-0.05, 0) is 6.42 Å². The van der Waals surface area contributed by atoms with Gasteiger partial charge in [-0.1, -0.05) is 13.8 Å². The van der Waals surface area contributed by atoms with Crippen molar-refractivity contribution in [3.05, 3.63) is 15.8 Å². The molecule has 0 saturated heterocycles. The van der Waals surface area contributed by atoms with E-state index in [2.05, 4.69) is 5.10 Å². The highest BCUT2D eigenvalue weighted by molar-refractivity contribution is 7.91. The number of hydrogen-bond acceptors (Lipinski definition) is 5. The van der Waals surface area contributed by atoms with Gasteiger partial charge in [0.25, 0.3) is 0 Å². The number of nitrogens with zero attached hydrogens (tertiary/aromatic N) is 3. The summed E-state index contributed by atoms with van der Waals surface area (Å²) in [6, 6.07) is 0. The molecule has 0 bridgehead atoms. The molecule has 0 radical (unpaired) electrons. The molecular weight excluding hydrogens is 294 g/mol. The molecule has 108 valence electrons. The van der Waals surface area contributed by atoms with E-state index in [1.165, 1.54) is 7.05 Å². The van der Waals surface area contributed by atoms with E-state index in [0.29, 0.717) is 0 Å². The van der Waals surface area contributed by atoms with E-state index < -0.39 is 20.4 Å². The maximum absolute atomic E-state index is 12.1. The Balaban J connectivity index is 3.47. The average molecular weight is 310 g/mol. The highest BCUT2D eigenvalue weighted by Gasteiger charge is 2.35. The molecule has 0 fully saturated rings. The summed E-state index contributed by atoms with van der Waals surface area (Å²) in [6.45, 7) is 3.45. The predicted octanol–water partition coefficient (Wildman–Crippen LogP) is 1.85. The van der Waals surface area contributed by atoms with Gasteiger partial charge in [-0.15, -0.1) is 11.6 Å². The second-order valence-corrected chi connectivity index (χ2v) is 6.84. The van der Waals surface area contributed by atoms with Crippen LogP contribution in [0.5, 0.6) is 0 Å². The van der Waals surface area contributed by atoms with Crippen molar-refractivity contribution in [2.75, 3.05) is 11.6 Å². The number of hydrogen-bond donors (Lipinski definition) is 0. The lowest BCUT2D eigenvalue weighted by Crippen LogP contribution is -2.13. The number of nitro groups is 1. The minimum Gasteiger partial charge on any atom is -0.258 e. The van der Waals surface area contributed by atoms with E-state index in [4.69, 9.17) is 11.6 Å². The first-order valence-corrected chi connectivity index (χ1v) is 7.91. The molecule has 1 rings (SSSR count). The van der Waals surface area contributed by atoms with Crippen LogP contribution in [0.15, 0.2) is 5.03 Å². The number of alkyl halides is 1. The van der Waals surface area contributed by atoms with Crippen LogP contribution in [0, 0.1) is 10.1 Å². The largest absolute Gasteiger partial charge is 0.329 e. The quantitative estimate of drug-likeness (QED) is 0.454. The van der Waals surface area contributed by atoms with Crippen molar-refractivity contribution in [2.24, 2.45) is 7.05 Å². The highest BCUT2D eigenvalue weighted by Crippen LogP contribution is 2.32. The Hall–Kier alpha value is -1.15. The van der Waals surface area contributed by atoms with Gasteiger partial charge in [0.1, 0.15) is 5.69 Å². The van der Waals surface area contributed by atoms with Crippen LogP contribution >= 0.6 is 11.6 Å². The second-order valence-electron chi connectivity index (χ2n) is 4.44. The summed E-state index contributed by atoms with van der Waals surface area (Å²) in [4.78, 5) is 10.5. The first-order chi connectivity index (χ1) is 8.72. The van der Waals surface area contributed by atoms with Gasteiger partial charge in [-0.2, -0.15) is 5.10 Å². The molecule has 0 aliphatic carbocycles. The summed E-state index contributed by atoms with van der Waals surface area (Å²) in [5, 5.41) is 14.8. The Morgan fingerprint density at radius 3 is 2.47 bits per heavy atom. The van der Waals surface area contributed by atoms with Gasteiger partial charge in [0, 0.05) is 18.8 Å². The van der Waals surface area contributed by atoms with Crippen molar-refractivity contribution in [3.8, 4) is 0 Å². The molecule has 0 N–H and O–H groups in total. The fourth-order valence-electron chi connectivity index (χ4n) is 1.77. The molecule has 0 aromatic carbocycles. The van der Waals surface area contributed by atoms with Gasteiger partial charge in [-0.3, -0.25) is 14.8 Å². The number of aromatic nitrogens is 2. The molecular formula is C10H16ClN3O4S. The average Bonchev–Trinajstić information content (AvgIpc) is 2.65. The zero-order valence-electron chi connectivity index (χ0n) is 11.0. The summed E-state index contributed by atoms with van der Waals surface area (Å²) in [5.74, 6) is -0.278. The molecule has 1 aromatic heterocycles. The van der Waals surface area contributed by atoms with E-state index >= 15 is 0 Å². The van der Waals surface area contributed by atoms with Crippen molar-refractivity contribution in [1.82, 2.24) is 9.78 Å². The maximum atomic E-state index is 12.1. The van der Waals surface area contributed by atoms with Crippen LogP contribution in [-0.4, -0.2) is 34.8 Å². The Morgan fingerprint density at radius 2 is 2.05 bits per heavy atom. The SMILES string of the molecule is CC(C)c1nn(C)c(S(=O)(=O)CCCCl)c1[N+](=O)[O-]. The molecule has 0 amide bonds. The molecule has 0 spiro atoms. The van der Waals surface area contributed by atoms with Crippen LogP contribution in [0.1, 0.15) is 31.9 Å². The van der Waals surface area contributed by atoms with Crippen LogP contribution in [0.25, 0.3) is 0 Å². The van der Waals surface area contributed by atoms with Crippen molar-refractivity contribution < 1.29 is 13.3 Å². The molecule has 19 heavy (non-hydrogen) atoms. The van der Waals surface area contributed by atoms with Gasteiger partial charge < -0.3 is 0 Å². The zero-order chi connectivity index (χ0) is 14.8. The Morgan fingerprint density at radius 1 is 1.47 bits per heavy atom. The van der Waals surface area contributed by atoms with Gasteiger partial charge >= 0.3 is 5.69 Å². The molecule has 9 heteroatoms. The van der Waals surface area contributed by atoms with Crippen molar-refractivity contribution in [3.63, 3.8) is 0 Å². The van der Waals surface area contributed by atoms with Crippen LogP contribution in [0.3, 0.4) is 0 Å². The number of aryl methyl sites for hydroxylation is 1. The first kappa shape index (κ1) is 15.9. The molecule has 7 nitrogen and oxygen atoms in total. The van der Waals surface area contributed by atoms with Gasteiger partial charge in [-0.25, -0.2) is 8.42 Å². The highest BCUT2D eigenvalue weighted by atomic mass is 35.5. The standard InChI is InChI=1S/C10H16ClN3O4S/c1-7(2)8-9(14(15)16)10(13(3)12-8)19(17,18)6-4-5-11/h7H,4-6H2,1-3H3. The van der Waals surface area contributed by atoms with Crippen molar-refractivity contribution in [1.29, 1.82) is 0 Å². The van der Waals surface area contributed by atoms with Gasteiger partial charge in [0.2, 0.25) is 14.9 Å². The third-order valence-electron chi connectivity index (χ3n) is 2.57. The van der Waals surface area contributed by atoms with Crippen LogP contribution in [-0.2, 0) is 16.9 Å². The van der Waals surface area contributed by atoms with E-state index in [1.807, 2.05) is 0 Å². The molecule has 0 saturated carbocycles. The molecule has 0 aliphatic heterocycles. The van der Waals surface area contributed by atoms with Crippen LogP contribution < -0.4 is 0 Å². The predicted molar refractivity (Wildman–Crippen MR) is 71.3 cm³/mol. The van der Waals surface area contributed by atoms with Crippen LogP contribution in [0.2, 0.25) is 0 Å².